The van der Waals surface area contributed by atoms with Crippen molar-refractivity contribution >= 4 is 11.9 Å². The number of carboxylic acids is 1. The molecule has 0 aliphatic heterocycles. The highest BCUT2D eigenvalue weighted by Gasteiger charge is 2.20. The monoisotopic (exact) mass is 373 g/mol. The molecule has 27 heavy (non-hydrogen) atoms. The number of amides is 1. The standard InChI is InChI=1S/C20H27N3O4/c1-13-5-7-16(8-6-13)11-23-15(3)17(14(2)22-23)9-10-19(24)21-18(12-27-4)20(25)26/h5-8,18H,9-12H2,1-4H3,(H,21,24)(H,25,26). The number of aryl methyl sites for hydroxylation is 2. The average Bonchev–Trinajstić information content (AvgIpc) is 2.88. The van der Waals surface area contributed by atoms with Crippen molar-refractivity contribution in [1.82, 2.24) is 15.1 Å². The second kappa shape index (κ2) is 9.32. The maximum Gasteiger partial charge on any atom is 0.328 e. The van der Waals surface area contributed by atoms with Gasteiger partial charge < -0.3 is 15.2 Å². The predicted octanol–water partition coefficient (Wildman–Crippen LogP) is 2.01. The molecule has 1 aromatic heterocycles. The molecule has 2 aromatic rings. The van der Waals surface area contributed by atoms with Crippen LogP contribution in [0.15, 0.2) is 24.3 Å². The molecule has 0 saturated heterocycles. The van der Waals surface area contributed by atoms with Crippen molar-refractivity contribution in [3.05, 3.63) is 52.3 Å². The van der Waals surface area contributed by atoms with Gasteiger partial charge in [0.25, 0.3) is 0 Å². The molecular weight excluding hydrogens is 346 g/mol. The van der Waals surface area contributed by atoms with E-state index in [0.717, 1.165) is 17.0 Å². The number of carbonyl (C=O) groups excluding carboxylic acids is 1. The number of benzene rings is 1. The number of nitrogens with one attached hydrogen (secondary N) is 1. The summed E-state index contributed by atoms with van der Waals surface area (Å²) in [5.41, 5.74) is 5.31. The van der Waals surface area contributed by atoms with Crippen molar-refractivity contribution in [2.75, 3.05) is 13.7 Å². The van der Waals surface area contributed by atoms with Crippen LogP contribution in [0.5, 0.6) is 0 Å². The number of aliphatic carboxylic acids is 1. The number of methoxy groups -OCH3 is 1. The summed E-state index contributed by atoms with van der Waals surface area (Å²) in [4.78, 5) is 23.2. The highest BCUT2D eigenvalue weighted by Crippen LogP contribution is 2.17. The van der Waals surface area contributed by atoms with E-state index in [9.17, 15) is 9.59 Å². The SMILES string of the molecule is COCC(NC(=O)CCc1c(C)nn(Cc2ccc(C)cc2)c1C)C(=O)O. The molecule has 0 saturated carbocycles. The zero-order chi connectivity index (χ0) is 20.0. The summed E-state index contributed by atoms with van der Waals surface area (Å²) >= 11 is 0. The Morgan fingerprint density at radius 3 is 2.48 bits per heavy atom. The van der Waals surface area contributed by atoms with Gasteiger partial charge in [0, 0.05) is 19.2 Å². The molecule has 2 rings (SSSR count). The molecule has 1 atom stereocenters. The number of carboxylic acid groups (broad SMARTS) is 1. The molecule has 7 nitrogen and oxygen atoms in total. The average molecular weight is 373 g/mol. The van der Waals surface area contributed by atoms with Crippen molar-refractivity contribution in [2.24, 2.45) is 0 Å². The first-order valence-electron chi connectivity index (χ1n) is 8.91. The largest absolute Gasteiger partial charge is 0.480 e. The Morgan fingerprint density at radius 2 is 1.89 bits per heavy atom. The number of rotatable bonds is 9. The minimum absolute atomic E-state index is 0.0619. The van der Waals surface area contributed by atoms with Gasteiger partial charge in [0.15, 0.2) is 6.04 Å². The predicted molar refractivity (Wildman–Crippen MR) is 102 cm³/mol. The fourth-order valence-electron chi connectivity index (χ4n) is 2.96. The number of ether oxygens (including phenoxy) is 1. The van der Waals surface area contributed by atoms with Crippen LogP contribution in [0.2, 0.25) is 0 Å². The summed E-state index contributed by atoms with van der Waals surface area (Å²) < 4.78 is 6.77. The van der Waals surface area contributed by atoms with Gasteiger partial charge in [-0.05, 0) is 38.3 Å². The molecular formula is C20H27N3O4. The zero-order valence-corrected chi connectivity index (χ0v) is 16.3. The first-order chi connectivity index (χ1) is 12.8. The number of hydrogen-bond acceptors (Lipinski definition) is 4. The highest BCUT2D eigenvalue weighted by atomic mass is 16.5. The third-order valence-corrected chi connectivity index (χ3v) is 4.55. The van der Waals surface area contributed by atoms with E-state index in [4.69, 9.17) is 9.84 Å². The molecule has 146 valence electrons. The van der Waals surface area contributed by atoms with E-state index in [0.29, 0.717) is 13.0 Å². The van der Waals surface area contributed by atoms with Crippen LogP contribution in [0.1, 0.15) is 34.5 Å². The van der Waals surface area contributed by atoms with Gasteiger partial charge in [-0.15, -0.1) is 0 Å². The van der Waals surface area contributed by atoms with Gasteiger partial charge in [-0.3, -0.25) is 9.48 Å². The number of hydrogen-bond donors (Lipinski definition) is 2. The maximum atomic E-state index is 12.1. The lowest BCUT2D eigenvalue weighted by atomic mass is 10.1. The van der Waals surface area contributed by atoms with Crippen LogP contribution in [-0.4, -0.2) is 46.5 Å². The van der Waals surface area contributed by atoms with E-state index in [1.54, 1.807) is 0 Å². The van der Waals surface area contributed by atoms with Crippen molar-refractivity contribution in [1.29, 1.82) is 0 Å². The van der Waals surface area contributed by atoms with Gasteiger partial charge in [0.05, 0.1) is 18.8 Å². The summed E-state index contributed by atoms with van der Waals surface area (Å²) in [5, 5.41) is 16.2. The summed E-state index contributed by atoms with van der Waals surface area (Å²) in [6.07, 6.45) is 0.710. The molecule has 2 N–H and O–H groups in total. The van der Waals surface area contributed by atoms with Crippen LogP contribution in [0.4, 0.5) is 0 Å². The molecule has 1 amide bonds. The van der Waals surface area contributed by atoms with Gasteiger partial charge >= 0.3 is 5.97 Å². The first kappa shape index (κ1) is 20.6. The topological polar surface area (TPSA) is 93.5 Å². The highest BCUT2D eigenvalue weighted by molar-refractivity contribution is 5.83. The van der Waals surface area contributed by atoms with Gasteiger partial charge in [0.2, 0.25) is 5.91 Å². The minimum Gasteiger partial charge on any atom is -0.480 e. The smallest absolute Gasteiger partial charge is 0.328 e. The van der Waals surface area contributed by atoms with Crippen LogP contribution in [0.25, 0.3) is 0 Å². The Bertz CT molecular complexity index is 796. The van der Waals surface area contributed by atoms with Crippen molar-refractivity contribution in [3.63, 3.8) is 0 Å². The fourth-order valence-corrected chi connectivity index (χ4v) is 2.96. The van der Waals surface area contributed by atoms with E-state index in [2.05, 4.69) is 41.6 Å². The molecule has 0 spiro atoms. The number of nitrogens with zero attached hydrogens (tertiary/aromatic N) is 2. The van der Waals surface area contributed by atoms with Crippen LogP contribution >= 0.6 is 0 Å². The lowest BCUT2D eigenvalue weighted by molar-refractivity contribution is -0.143. The van der Waals surface area contributed by atoms with E-state index in [-0.39, 0.29) is 18.9 Å². The summed E-state index contributed by atoms with van der Waals surface area (Å²) in [6, 6.07) is 7.28. The Hall–Kier alpha value is -2.67. The molecule has 0 aliphatic rings. The van der Waals surface area contributed by atoms with E-state index >= 15 is 0 Å². The van der Waals surface area contributed by atoms with E-state index < -0.39 is 12.0 Å². The van der Waals surface area contributed by atoms with Gasteiger partial charge in [-0.1, -0.05) is 29.8 Å². The second-order valence-electron chi connectivity index (χ2n) is 6.71. The van der Waals surface area contributed by atoms with Crippen molar-refractivity contribution in [3.8, 4) is 0 Å². The quantitative estimate of drug-likeness (QED) is 0.701. The molecule has 1 unspecified atom stereocenters. The maximum absolute atomic E-state index is 12.1. The normalized spacial score (nSPS) is 12.0. The van der Waals surface area contributed by atoms with Crippen LogP contribution in [0.3, 0.4) is 0 Å². The number of aromatic nitrogens is 2. The van der Waals surface area contributed by atoms with Crippen LogP contribution in [0, 0.1) is 20.8 Å². The molecule has 0 aliphatic carbocycles. The third kappa shape index (κ3) is 5.65. The third-order valence-electron chi connectivity index (χ3n) is 4.55. The Balaban J connectivity index is 2.00. The molecule has 0 bridgehead atoms. The fraction of sp³-hybridized carbons (Fsp3) is 0.450. The Labute approximate surface area is 159 Å². The van der Waals surface area contributed by atoms with Gasteiger partial charge in [0.1, 0.15) is 0 Å². The summed E-state index contributed by atoms with van der Waals surface area (Å²) in [7, 11) is 1.40. The minimum atomic E-state index is -1.11. The second-order valence-corrected chi connectivity index (χ2v) is 6.71. The number of carbonyl (C=O) groups is 2. The van der Waals surface area contributed by atoms with Crippen molar-refractivity contribution < 1.29 is 19.4 Å². The molecule has 1 aromatic carbocycles. The lowest BCUT2D eigenvalue weighted by Gasteiger charge is -2.13. The molecule has 0 fully saturated rings. The summed E-state index contributed by atoms with van der Waals surface area (Å²) in [5.74, 6) is -1.42. The summed E-state index contributed by atoms with van der Waals surface area (Å²) in [6.45, 7) is 6.59. The lowest BCUT2D eigenvalue weighted by Crippen LogP contribution is -2.43. The van der Waals surface area contributed by atoms with Gasteiger partial charge in [-0.2, -0.15) is 5.10 Å². The van der Waals surface area contributed by atoms with E-state index in [1.807, 2.05) is 18.5 Å². The first-order valence-corrected chi connectivity index (χ1v) is 8.91. The van der Waals surface area contributed by atoms with Gasteiger partial charge in [-0.25, -0.2) is 4.79 Å². The molecule has 0 radical (unpaired) electrons. The molecule has 7 heteroatoms. The van der Waals surface area contributed by atoms with Crippen LogP contribution < -0.4 is 5.32 Å². The Morgan fingerprint density at radius 1 is 1.22 bits per heavy atom. The van der Waals surface area contributed by atoms with E-state index in [1.165, 1.54) is 18.2 Å². The molecule has 1 heterocycles. The Kier molecular flexibility index (Phi) is 7.12. The van der Waals surface area contributed by atoms with Crippen molar-refractivity contribution in [2.45, 2.75) is 46.2 Å². The zero-order valence-electron chi connectivity index (χ0n) is 16.3. The van der Waals surface area contributed by atoms with Crippen LogP contribution in [-0.2, 0) is 27.3 Å².